The number of ether oxygens (including phenoxy) is 6. The topological polar surface area (TPSA) is 173 Å². The Labute approximate surface area is 821 Å². The molecular formula is C98H88Br4Cl3F8KO12. The van der Waals surface area contributed by atoms with E-state index in [1.807, 2.05) is 60.7 Å². The zero-order valence-electron chi connectivity index (χ0n) is 69.7. The summed E-state index contributed by atoms with van der Waals surface area (Å²) in [5, 5.41) is 39.0. The first kappa shape index (κ1) is 106. The number of hydrogen-bond acceptors (Lipinski definition) is 12. The van der Waals surface area contributed by atoms with E-state index in [4.69, 9.17) is 79.9 Å². The Morgan fingerprint density at radius 1 is 0.500 bits per heavy atom. The molecule has 0 aliphatic carbocycles. The maximum atomic E-state index is 13.7. The molecule has 12 aromatic rings. The summed E-state index contributed by atoms with van der Waals surface area (Å²) in [4.78, 5) is 24.8. The second-order valence-electron chi connectivity index (χ2n) is 27.6. The predicted molar refractivity (Wildman–Crippen MR) is 491 cm³/mol. The average molecular weight is 2080 g/mol. The van der Waals surface area contributed by atoms with E-state index in [2.05, 4.69) is 83.5 Å². The Hall–Kier alpha value is -8.61. The third kappa shape index (κ3) is 36.9. The van der Waals surface area contributed by atoms with Gasteiger partial charge in [-0.1, -0.05) is 229 Å². The van der Waals surface area contributed by atoms with Crippen molar-refractivity contribution < 1.29 is 146 Å². The fraction of sp³-hybridized carbons (Fsp3) is 0.184. The van der Waals surface area contributed by atoms with Crippen LogP contribution in [-0.4, -0.2) is 89.7 Å². The number of phenols is 2. The van der Waals surface area contributed by atoms with Crippen molar-refractivity contribution in [3.63, 3.8) is 0 Å². The van der Waals surface area contributed by atoms with Gasteiger partial charge < -0.3 is 48.8 Å². The number of hydrogen-bond donors (Lipinski definition) is 3. The van der Waals surface area contributed by atoms with Crippen LogP contribution in [0.5, 0.6) is 46.0 Å². The number of phenolic OH excluding ortho intramolecular Hbond substituents is 2. The van der Waals surface area contributed by atoms with Gasteiger partial charge in [-0.05, 0) is 188 Å². The molecule has 0 fully saturated rings. The van der Waals surface area contributed by atoms with Gasteiger partial charge in [-0.3, -0.25) is 14.0 Å². The summed E-state index contributed by atoms with van der Waals surface area (Å²) in [6.45, 7) is 16.2. The van der Waals surface area contributed by atoms with Crippen molar-refractivity contribution in [1.82, 2.24) is 0 Å². The molecule has 3 aliphatic rings. The number of carbonyl (C=O) groups excluding carboxylic acids is 2. The number of halogens is 15. The van der Waals surface area contributed by atoms with Crippen molar-refractivity contribution in [2.75, 3.05) is 38.9 Å². The summed E-state index contributed by atoms with van der Waals surface area (Å²) >= 11 is 31.6. The van der Waals surface area contributed by atoms with Crippen LogP contribution in [-0.2, 0) is 32.1 Å². The zero-order chi connectivity index (χ0) is 92.4. The van der Waals surface area contributed by atoms with Crippen molar-refractivity contribution in [3.05, 3.63) is 412 Å². The number of benzene rings is 12. The molecule has 0 radical (unpaired) electrons. The number of aliphatic hydroxyl groups excluding tert-OH is 1. The molecule has 0 bridgehead atoms. The van der Waals surface area contributed by atoms with Gasteiger partial charge in [0.2, 0.25) is 0 Å². The molecule has 28 heteroatoms. The summed E-state index contributed by atoms with van der Waals surface area (Å²) in [5.74, 6) is -1.23. The average Bonchev–Trinajstić information content (AvgIpc) is 1.79. The number of fused-ring (bicyclic) bond motifs is 3. The molecule has 0 spiro atoms. The number of carbonyl (C=O) groups is 2. The second-order valence-corrected chi connectivity index (χ2v) is 32.2. The van der Waals surface area contributed by atoms with E-state index in [1.165, 1.54) is 72.8 Å². The first-order valence-corrected chi connectivity index (χ1v) is 42.6. The largest absolute Gasteiger partial charge is 1.00 e. The van der Waals surface area contributed by atoms with Crippen LogP contribution in [0.4, 0.5) is 35.1 Å². The van der Waals surface area contributed by atoms with Crippen LogP contribution in [0.2, 0.25) is 15.1 Å². The molecule has 658 valence electrons. The first-order chi connectivity index (χ1) is 60.2. The van der Waals surface area contributed by atoms with Crippen LogP contribution in [0.15, 0.2) is 300 Å². The van der Waals surface area contributed by atoms with Gasteiger partial charge in [0.05, 0.1) is 25.2 Å². The molecule has 126 heavy (non-hydrogen) atoms. The van der Waals surface area contributed by atoms with E-state index < -0.39 is 24.4 Å². The predicted octanol–water partition coefficient (Wildman–Crippen LogP) is 23.1. The molecule has 12 aromatic carbocycles. The van der Waals surface area contributed by atoms with E-state index in [1.54, 1.807) is 154 Å². The van der Waals surface area contributed by atoms with Crippen molar-refractivity contribution >= 4 is 110 Å². The van der Waals surface area contributed by atoms with Gasteiger partial charge in [-0.15, -0.1) is 18.8 Å². The van der Waals surface area contributed by atoms with Gasteiger partial charge in [0.1, 0.15) is 55.4 Å². The van der Waals surface area contributed by atoms with E-state index in [0.717, 1.165) is 63.8 Å². The molecule has 12 nitrogen and oxygen atoms in total. The van der Waals surface area contributed by atoms with Crippen molar-refractivity contribution in [2.24, 2.45) is 0 Å². The minimum Gasteiger partial charge on any atom is -0.850 e. The van der Waals surface area contributed by atoms with Gasteiger partial charge in [-0.25, -0.2) is 30.7 Å². The molecular weight excluding hydrogens is 1990 g/mol. The maximum absolute atomic E-state index is 13.7. The quantitative estimate of drug-likeness (QED) is 0.0230. The molecule has 3 N–H and O–H groups in total. The smallest absolute Gasteiger partial charge is 0.850 e. The summed E-state index contributed by atoms with van der Waals surface area (Å²) in [6, 6.07) is 67.3. The molecule has 0 saturated carbocycles. The molecule has 0 amide bonds. The van der Waals surface area contributed by atoms with E-state index in [-0.39, 0.29) is 134 Å². The Kier molecular flexibility index (Phi) is 47.7. The SMILES string of the molecule is C=CCBr.C=CCOc1ccccc1F.C=CCc1cccc(F)c1O.CC(C)(C)[O-].Fc1cccc2c1OC(COc1ccc(Cc3cc(Br)ccc3Cl)cc1)C2.O=C(c1ccc(F)cc1)c1cc(Br)ccc1Cl.O=C(c1ccc(OCC2Cc3cccc(F)c3O2)cc1)c1cc(Br)ccc1Cl.OCC1Cc2cccc(F)c2O1.Oc1ccccc1F.[2H]CF.[K+]. The normalized spacial score (nSPS) is 13.0. The number of para-hydroxylation sites is 6. The second kappa shape index (κ2) is 56.7. The molecule has 3 unspecified atom stereocenters. The molecule has 3 atom stereocenters. The number of ketones is 2. The van der Waals surface area contributed by atoms with Crippen molar-refractivity contribution in [1.29, 1.82) is 0 Å². The standard InChI is InChI=1S/C22H15BrClFO3.C22H17BrClFO2.C13H7BrClFO.C9H9FO2.2C9H9FO.C6H5FO.C4H9O.C3H5Br.CH3F.K/c23-15-6-9-19(24)18(11-15)21(26)13-4-7-16(8-5-13)27-12-17-10-14-2-1-3-20(25)22(14)28-17;23-17-6-9-20(24)16(11-17)10-14-4-7-18(8-5-14)26-13-19-12-15-2-1-3-21(25)22(15)27-19;14-9-3-6-12(15)11(7-9)13(17)8-1-4-10(16)5-2-8;10-8-3-1-2-6-4-7(5-11)12-9(6)8;1-2-7-11-9-6-4-3-5-8(9)10;1-2-4-7-5-3-6-8(10)9(7)11;7-5-3-1-2-4-6(5)8;1-4(2,3)5;1-2-3-4;1-2;/h1-9,11,17H,10,12H2;1-9,11,19H,10,12-13H2;1-7H;1-3,7,11H,4-5H2;2-6H,1,7H2;2-3,5-6,11H,1,4H2;1-4,8H;1-3H3;2H,1,3H2;1H3;/q;;;;;;;-1;;;+1/i;;;;;;;;;1D;. The fourth-order valence-corrected chi connectivity index (χ4v) is 12.9. The number of allylic oxidation sites excluding steroid dienone is 2. The van der Waals surface area contributed by atoms with Gasteiger partial charge in [0.25, 0.3) is 0 Å². The van der Waals surface area contributed by atoms with Gasteiger partial charge in [0, 0.05) is 87.5 Å². The Balaban J connectivity index is 0.000000266. The molecule has 15 rings (SSSR count). The number of aliphatic hydroxyl groups is 1. The number of rotatable bonds is 19. The monoisotopic (exact) mass is 2070 g/mol. The third-order valence-corrected chi connectivity index (χ3v) is 19.9. The van der Waals surface area contributed by atoms with Crippen LogP contribution in [0, 0.1) is 40.7 Å². The van der Waals surface area contributed by atoms with E-state index in [9.17, 15) is 49.8 Å². The Bertz CT molecular complexity index is 5470. The van der Waals surface area contributed by atoms with Gasteiger partial charge >= 0.3 is 51.4 Å². The Morgan fingerprint density at radius 3 is 1.30 bits per heavy atom. The minimum absolute atomic E-state index is 0. The summed E-state index contributed by atoms with van der Waals surface area (Å²) < 4.78 is 142. The van der Waals surface area contributed by atoms with E-state index >= 15 is 0 Å². The van der Waals surface area contributed by atoms with Crippen LogP contribution < -0.4 is 84.9 Å². The number of alkyl halides is 2. The summed E-state index contributed by atoms with van der Waals surface area (Å²) in [7, 11) is -1.00. The third-order valence-electron chi connectivity index (χ3n) is 16.9. The van der Waals surface area contributed by atoms with Crippen LogP contribution >= 0.6 is 98.5 Å². The molecule has 0 aromatic heterocycles. The van der Waals surface area contributed by atoms with Gasteiger partial charge in [0.15, 0.2) is 81.0 Å². The van der Waals surface area contributed by atoms with E-state index in [0.29, 0.717) is 106 Å². The zero-order valence-corrected chi connectivity index (χ0v) is 80.5. The molecule has 3 heterocycles. The van der Waals surface area contributed by atoms with Crippen LogP contribution in [0.1, 0.15) is 87.4 Å². The van der Waals surface area contributed by atoms with Crippen molar-refractivity contribution in [2.45, 2.75) is 76.8 Å². The first-order valence-electron chi connectivity index (χ1n) is 38.7. The van der Waals surface area contributed by atoms with Gasteiger partial charge in [-0.2, -0.15) is 0 Å². The minimum atomic E-state index is -1.00. The van der Waals surface area contributed by atoms with Crippen LogP contribution in [0.3, 0.4) is 0 Å². The fourth-order valence-electron chi connectivity index (χ4n) is 11.2. The van der Waals surface area contributed by atoms with Crippen molar-refractivity contribution in [3.8, 4) is 46.0 Å². The summed E-state index contributed by atoms with van der Waals surface area (Å²) in [5.41, 5.74) is 6.37. The van der Waals surface area contributed by atoms with Crippen LogP contribution in [0.25, 0.3) is 0 Å². The molecule has 0 saturated heterocycles. The summed E-state index contributed by atoms with van der Waals surface area (Å²) in [6.07, 6.45) is 7.41. The number of aromatic hydroxyl groups is 2. The molecule has 3 aliphatic heterocycles. The maximum Gasteiger partial charge on any atom is 1.00 e. The Morgan fingerprint density at radius 2 is 0.889 bits per heavy atom.